The molecule has 0 fully saturated rings. The van der Waals surface area contributed by atoms with E-state index in [2.05, 4.69) is 20.9 Å². The highest BCUT2D eigenvalue weighted by atomic mass is 32.1. The number of carbonyl (C=O) groups is 1. The van der Waals surface area contributed by atoms with Crippen LogP contribution in [0.5, 0.6) is 0 Å². The molecule has 2 aromatic rings. The molecule has 25 heavy (non-hydrogen) atoms. The second kappa shape index (κ2) is 10.0. The maximum Gasteiger partial charge on any atom is 0.241 e. The first-order valence-electron chi connectivity index (χ1n) is 8.59. The molecular weight excluding hydrogens is 336 g/mol. The van der Waals surface area contributed by atoms with Crippen molar-refractivity contribution in [2.75, 3.05) is 26.2 Å². The summed E-state index contributed by atoms with van der Waals surface area (Å²) in [4.78, 5) is 16.8. The van der Waals surface area contributed by atoms with E-state index in [1.54, 1.807) is 11.3 Å². The number of guanidine groups is 1. The zero-order chi connectivity index (χ0) is 18.1. The van der Waals surface area contributed by atoms with Gasteiger partial charge in [0.2, 0.25) is 5.91 Å². The van der Waals surface area contributed by atoms with Gasteiger partial charge in [-0.3, -0.25) is 4.79 Å². The van der Waals surface area contributed by atoms with Crippen LogP contribution in [0.2, 0.25) is 0 Å². The first-order valence-corrected chi connectivity index (χ1v) is 9.41. The Morgan fingerprint density at radius 1 is 1.24 bits per heavy atom. The van der Waals surface area contributed by atoms with Gasteiger partial charge in [0.25, 0.3) is 0 Å². The van der Waals surface area contributed by atoms with Gasteiger partial charge in [0.1, 0.15) is 12.6 Å². The van der Waals surface area contributed by atoms with Crippen molar-refractivity contribution in [3.63, 3.8) is 0 Å². The molecule has 1 aromatic carbocycles. The Balaban J connectivity index is 1.91. The molecule has 2 rings (SSSR count). The highest BCUT2D eigenvalue weighted by Crippen LogP contribution is 2.29. The molecule has 7 heteroatoms. The van der Waals surface area contributed by atoms with Crippen molar-refractivity contribution in [2.45, 2.75) is 26.4 Å². The molecular formula is C18H26N4O2S. The summed E-state index contributed by atoms with van der Waals surface area (Å²) in [5.74, 6) is 0.415. The van der Waals surface area contributed by atoms with Crippen molar-refractivity contribution in [1.29, 1.82) is 0 Å². The average molecular weight is 362 g/mol. The molecule has 136 valence electrons. The number of carbonyl (C=O) groups excluding carboxylic acids is 1. The fraction of sp³-hybridized carbons (Fsp3) is 0.444. The molecule has 0 aliphatic carbocycles. The molecule has 1 atom stereocenters. The number of hydrogen-bond donors (Lipinski definition) is 4. The van der Waals surface area contributed by atoms with Gasteiger partial charge < -0.3 is 21.1 Å². The maximum absolute atomic E-state index is 11.6. The number of hydrogen-bond acceptors (Lipinski definition) is 4. The monoisotopic (exact) mass is 362 g/mol. The number of thiophene rings is 1. The van der Waals surface area contributed by atoms with Gasteiger partial charge in [-0.1, -0.05) is 25.1 Å². The second-order valence-corrected chi connectivity index (χ2v) is 6.74. The Bertz CT molecular complexity index is 681. The van der Waals surface area contributed by atoms with E-state index in [9.17, 15) is 9.90 Å². The van der Waals surface area contributed by atoms with E-state index in [1.807, 2.05) is 44.2 Å². The SMILES string of the molecule is CCCNC(=O)CN=C(NCC)NCC(O)c1cc2ccccc2s1. The van der Waals surface area contributed by atoms with E-state index in [-0.39, 0.29) is 12.5 Å². The van der Waals surface area contributed by atoms with Gasteiger partial charge in [0.15, 0.2) is 5.96 Å². The molecule has 1 amide bonds. The van der Waals surface area contributed by atoms with E-state index < -0.39 is 6.10 Å². The summed E-state index contributed by atoms with van der Waals surface area (Å²) >= 11 is 1.58. The van der Waals surface area contributed by atoms with Crippen LogP contribution >= 0.6 is 11.3 Å². The van der Waals surface area contributed by atoms with E-state index in [1.165, 1.54) is 0 Å². The third-order valence-corrected chi connectivity index (χ3v) is 4.75. The molecule has 0 aliphatic rings. The summed E-state index contributed by atoms with van der Waals surface area (Å²) in [5.41, 5.74) is 0. The van der Waals surface area contributed by atoms with Crippen LogP contribution in [0.25, 0.3) is 10.1 Å². The van der Waals surface area contributed by atoms with Crippen LogP contribution in [0.3, 0.4) is 0 Å². The third kappa shape index (κ3) is 6.03. The molecule has 0 bridgehead atoms. The van der Waals surface area contributed by atoms with E-state index in [0.29, 0.717) is 25.6 Å². The van der Waals surface area contributed by atoms with E-state index >= 15 is 0 Å². The normalized spacial score (nSPS) is 12.8. The van der Waals surface area contributed by atoms with Crippen LogP contribution in [0, 0.1) is 0 Å². The lowest BCUT2D eigenvalue weighted by Crippen LogP contribution is -2.40. The third-order valence-electron chi connectivity index (χ3n) is 3.53. The number of aliphatic imine (C=N–C) groups is 1. The molecule has 1 aromatic heterocycles. The van der Waals surface area contributed by atoms with Crippen molar-refractivity contribution in [3.05, 3.63) is 35.2 Å². The van der Waals surface area contributed by atoms with E-state index in [4.69, 9.17) is 0 Å². The number of rotatable bonds is 8. The Hall–Kier alpha value is -2.12. The number of nitrogens with one attached hydrogen (secondary N) is 3. The first-order chi connectivity index (χ1) is 12.1. The Kier molecular flexibility index (Phi) is 7.69. The zero-order valence-electron chi connectivity index (χ0n) is 14.7. The Morgan fingerprint density at radius 2 is 2.04 bits per heavy atom. The van der Waals surface area contributed by atoms with Gasteiger partial charge in [-0.25, -0.2) is 4.99 Å². The summed E-state index contributed by atoms with van der Waals surface area (Å²) in [6.45, 7) is 5.69. The number of benzene rings is 1. The van der Waals surface area contributed by atoms with E-state index in [0.717, 1.165) is 21.4 Å². The Labute approximate surface area is 152 Å². The summed E-state index contributed by atoms with van der Waals surface area (Å²) in [5, 5.41) is 20.5. The first kappa shape index (κ1) is 19.2. The summed E-state index contributed by atoms with van der Waals surface area (Å²) in [6, 6.07) is 10.1. The molecule has 6 nitrogen and oxygen atoms in total. The molecule has 0 aliphatic heterocycles. The van der Waals surface area contributed by atoms with Gasteiger partial charge in [0.05, 0.1) is 0 Å². The van der Waals surface area contributed by atoms with Crippen molar-refractivity contribution < 1.29 is 9.90 Å². The molecule has 1 heterocycles. The molecule has 4 N–H and O–H groups in total. The van der Waals surface area contributed by atoms with Gasteiger partial charge in [0, 0.05) is 29.2 Å². The average Bonchev–Trinajstić information content (AvgIpc) is 3.06. The maximum atomic E-state index is 11.6. The van der Waals surface area contributed by atoms with Gasteiger partial charge >= 0.3 is 0 Å². The number of aliphatic hydroxyl groups is 1. The smallest absolute Gasteiger partial charge is 0.241 e. The van der Waals surface area contributed by atoms with Crippen molar-refractivity contribution >= 4 is 33.3 Å². The highest BCUT2D eigenvalue weighted by Gasteiger charge is 2.12. The minimum absolute atomic E-state index is 0.0638. The molecule has 0 radical (unpaired) electrons. The van der Waals surface area contributed by atoms with Crippen molar-refractivity contribution in [2.24, 2.45) is 4.99 Å². The van der Waals surface area contributed by atoms with Crippen molar-refractivity contribution in [3.8, 4) is 0 Å². The van der Waals surface area contributed by atoms with Crippen LogP contribution in [-0.4, -0.2) is 43.2 Å². The predicted molar refractivity (Wildman–Crippen MR) is 104 cm³/mol. The quantitative estimate of drug-likeness (QED) is 0.427. The topological polar surface area (TPSA) is 85.8 Å². The van der Waals surface area contributed by atoms with Gasteiger partial charge in [-0.2, -0.15) is 0 Å². The predicted octanol–water partition coefficient (Wildman–Crippen LogP) is 2.02. The molecule has 0 spiro atoms. The lowest BCUT2D eigenvalue weighted by molar-refractivity contribution is -0.119. The minimum Gasteiger partial charge on any atom is -0.386 e. The summed E-state index contributed by atoms with van der Waals surface area (Å²) < 4.78 is 1.16. The number of aliphatic hydroxyl groups excluding tert-OH is 1. The number of amides is 1. The lowest BCUT2D eigenvalue weighted by atomic mass is 10.2. The fourth-order valence-electron chi connectivity index (χ4n) is 2.27. The number of fused-ring (bicyclic) bond motifs is 1. The van der Waals surface area contributed by atoms with Gasteiger partial charge in [-0.15, -0.1) is 11.3 Å². The fourth-order valence-corrected chi connectivity index (χ4v) is 3.32. The van der Waals surface area contributed by atoms with Crippen molar-refractivity contribution in [1.82, 2.24) is 16.0 Å². The van der Waals surface area contributed by atoms with Crippen LogP contribution in [0.4, 0.5) is 0 Å². The summed E-state index contributed by atoms with van der Waals surface area (Å²) in [7, 11) is 0. The van der Waals surface area contributed by atoms with Crippen LogP contribution < -0.4 is 16.0 Å². The minimum atomic E-state index is -0.629. The van der Waals surface area contributed by atoms with Crippen LogP contribution in [0.1, 0.15) is 31.2 Å². The number of nitrogens with zero attached hydrogens (tertiary/aromatic N) is 1. The Morgan fingerprint density at radius 3 is 2.76 bits per heavy atom. The van der Waals surface area contributed by atoms with Gasteiger partial charge in [-0.05, 0) is 30.9 Å². The largest absolute Gasteiger partial charge is 0.386 e. The molecule has 0 saturated carbocycles. The molecule has 1 unspecified atom stereocenters. The summed E-state index contributed by atoms with van der Waals surface area (Å²) in [6.07, 6.45) is 0.268. The standard InChI is InChI=1S/C18H26N4O2S/c1-3-9-20-17(24)12-22-18(19-4-2)21-11-14(23)16-10-13-7-5-6-8-15(13)25-16/h5-8,10,14,23H,3-4,9,11-12H2,1-2H3,(H,20,24)(H2,19,21,22). The zero-order valence-corrected chi connectivity index (χ0v) is 15.5. The molecule has 0 saturated heterocycles. The van der Waals surface area contributed by atoms with Crippen LogP contribution in [0.15, 0.2) is 35.3 Å². The lowest BCUT2D eigenvalue weighted by Gasteiger charge is -2.14. The second-order valence-electron chi connectivity index (χ2n) is 5.63. The van der Waals surface area contributed by atoms with Crippen LogP contribution in [-0.2, 0) is 4.79 Å². The highest BCUT2D eigenvalue weighted by molar-refractivity contribution is 7.19.